The Balaban J connectivity index is 1.11. The molecule has 0 saturated heterocycles. The van der Waals surface area contributed by atoms with Crippen LogP contribution in [0.2, 0.25) is 0 Å². The maximum atomic E-state index is 13.1. The van der Waals surface area contributed by atoms with Gasteiger partial charge in [-0.1, -0.05) is 85.3 Å². The van der Waals surface area contributed by atoms with Crippen LogP contribution in [0, 0.1) is 0 Å². The van der Waals surface area contributed by atoms with Crippen molar-refractivity contribution in [3.8, 4) is 0 Å². The van der Waals surface area contributed by atoms with E-state index in [0.717, 1.165) is 47.4 Å². The molecule has 2 unspecified atom stereocenters. The van der Waals surface area contributed by atoms with Crippen molar-refractivity contribution in [3.05, 3.63) is 158 Å². The Morgan fingerprint density at radius 2 is 1.46 bits per heavy atom. The number of ketones is 2. The van der Waals surface area contributed by atoms with Crippen LogP contribution in [0.25, 0.3) is 17.7 Å². The standard InChI is InChI=1S/C40H29NO4S/c42-37-32(38(43)39-33(37)23-36(46-39)40(44)45)22-25-16-19-35-31(21-25)29-12-7-13-34(29)41(35)28-17-14-24(15-18-28)20-30(26-8-3-1-4-9-26)27-10-5-2-6-11-27/h1-6,8-11,14-23,29,34H,7,12-13H2,(H,44,45)/b32-22+. The monoisotopic (exact) mass is 619 g/mol. The van der Waals surface area contributed by atoms with Gasteiger partial charge in [-0.15, -0.1) is 11.3 Å². The van der Waals surface area contributed by atoms with E-state index in [1.807, 2.05) is 18.2 Å². The first-order valence-corrected chi connectivity index (χ1v) is 16.3. The number of thiophene rings is 1. The largest absolute Gasteiger partial charge is 0.477 e. The number of carboxylic acid groups (broad SMARTS) is 1. The van der Waals surface area contributed by atoms with Crippen LogP contribution in [0.3, 0.4) is 0 Å². The van der Waals surface area contributed by atoms with Gasteiger partial charge in [-0.2, -0.15) is 0 Å². The first kappa shape index (κ1) is 28.2. The van der Waals surface area contributed by atoms with Crippen molar-refractivity contribution in [2.45, 2.75) is 31.2 Å². The number of benzene rings is 4. The van der Waals surface area contributed by atoms with Crippen molar-refractivity contribution in [2.75, 3.05) is 4.90 Å². The van der Waals surface area contributed by atoms with E-state index in [1.165, 1.54) is 34.0 Å². The second kappa shape index (κ2) is 11.2. The molecular formula is C40H29NO4S. The first-order valence-electron chi connectivity index (χ1n) is 15.5. The molecule has 2 atom stereocenters. The Morgan fingerprint density at radius 1 is 0.783 bits per heavy atom. The SMILES string of the molecule is O=C(O)c1cc2c(s1)C(=O)/C(=C/c1ccc3c(c1)C1CCCC1N3c1ccc(C=C(c3ccccc3)c3ccccc3)cc1)C2=O. The van der Waals surface area contributed by atoms with Gasteiger partial charge in [0.15, 0.2) is 5.78 Å². The summed E-state index contributed by atoms with van der Waals surface area (Å²) in [5.41, 5.74) is 9.33. The summed E-state index contributed by atoms with van der Waals surface area (Å²) in [5, 5.41) is 9.28. The quantitative estimate of drug-likeness (QED) is 0.116. The van der Waals surface area contributed by atoms with Crippen LogP contribution in [-0.4, -0.2) is 28.7 Å². The van der Waals surface area contributed by atoms with Crippen molar-refractivity contribution >= 4 is 58.0 Å². The highest BCUT2D eigenvalue weighted by molar-refractivity contribution is 7.17. The number of rotatable bonds is 6. The predicted octanol–water partition coefficient (Wildman–Crippen LogP) is 9.29. The zero-order valence-corrected chi connectivity index (χ0v) is 25.7. The Labute approximate surface area is 270 Å². The molecule has 0 amide bonds. The number of carbonyl (C=O) groups is 3. The molecule has 4 aromatic carbocycles. The van der Waals surface area contributed by atoms with Crippen molar-refractivity contribution in [3.63, 3.8) is 0 Å². The molecule has 5 nitrogen and oxygen atoms in total. The number of allylic oxidation sites excluding steroid dienone is 1. The molecule has 2 aliphatic carbocycles. The maximum Gasteiger partial charge on any atom is 0.345 e. The van der Waals surface area contributed by atoms with E-state index >= 15 is 0 Å². The zero-order chi connectivity index (χ0) is 31.4. The van der Waals surface area contributed by atoms with Gasteiger partial charge in [0.1, 0.15) is 4.88 Å². The normalized spacial score (nSPS) is 18.9. The summed E-state index contributed by atoms with van der Waals surface area (Å²) in [4.78, 5) is 40.2. The minimum Gasteiger partial charge on any atom is -0.477 e. The van der Waals surface area contributed by atoms with Gasteiger partial charge in [0.2, 0.25) is 5.78 Å². The number of hydrogen-bond donors (Lipinski definition) is 1. The summed E-state index contributed by atoms with van der Waals surface area (Å²) in [5.74, 6) is -1.54. The fourth-order valence-electron chi connectivity index (χ4n) is 7.27. The van der Waals surface area contributed by atoms with E-state index in [2.05, 4.69) is 95.9 Å². The lowest BCUT2D eigenvalue weighted by Gasteiger charge is -2.27. The van der Waals surface area contributed by atoms with Gasteiger partial charge in [-0.3, -0.25) is 9.59 Å². The summed E-state index contributed by atoms with van der Waals surface area (Å²) < 4.78 is 0. The van der Waals surface area contributed by atoms with Crippen LogP contribution in [0.15, 0.2) is 115 Å². The lowest BCUT2D eigenvalue weighted by Crippen LogP contribution is -2.26. The highest BCUT2D eigenvalue weighted by Crippen LogP contribution is 2.52. The third kappa shape index (κ3) is 4.73. The van der Waals surface area contributed by atoms with Gasteiger partial charge in [0.05, 0.1) is 10.5 Å². The van der Waals surface area contributed by atoms with Gasteiger partial charge in [-0.25, -0.2) is 4.79 Å². The highest BCUT2D eigenvalue weighted by Gasteiger charge is 2.42. The highest BCUT2D eigenvalue weighted by atomic mass is 32.1. The summed E-state index contributed by atoms with van der Waals surface area (Å²) >= 11 is 0.867. The van der Waals surface area contributed by atoms with Gasteiger partial charge < -0.3 is 10.0 Å². The van der Waals surface area contributed by atoms with E-state index in [4.69, 9.17) is 0 Å². The first-order chi connectivity index (χ1) is 22.5. The van der Waals surface area contributed by atoms with Gasteiger partial charge in [-0.05, 0) is 88.7 Å². The van der Waals surface area contributed by atoms with Crippen LogP contribution >= 0.6 is 11.3 Å². The number of anilines is 2. The molecule has 224 valence electrons. The number of carboxylic acids is 1. The van der Waals surface area contributed by atoms with E-state index in [-0.39, 0.29) is 20.9 Å². The molecule has 8 rings (SSSR count). The molecule has 3 aliphatic rings. The molecule has 1 aliphatic heterocycles. The number of nitrogens with zero attached hydrogens (tertiary/aromatic N) is 1. The number of Topliss-reactive ketones (excluding diaryl/α,β-unsaturated/α-hetero) is 2. The second-order valence-corrected chi connectivity index (χ2v) is 13.1. The predicted molar refractivity (Wildman–Crippen MR) is 183 cm³/mol. The lowest BCUT2D eigenvalue weighted by molar-refractivity contribution is 0.0702. The number of carbonyl (C=O) groups excluding carboxylic acids is 2. The van der Waals surface area contributed by atoms with Crippen LogP contribution in [0.1, 0.15) is 82.7 Å². The summed E-state index contributed by atoms with van der Waals surface area (Å²) in [6.07, 6.45) is 7.27. The molecule has 2 heterocycles. The average molecular weight is 620 g/mol. The molecule has 1 saturated carbocycles. The molecular weight excluding hydrogens is 591 g/mol. The Bertz CT molecular complexity index is 2010. The number of hydrogen-bond acceptors (Lipinski definition) is 5. The van der Waals surface area contributed by atoms with E-state index in [1.54, 1.807) is 6.08 Å². The number of fused-ring (bicyclic) bond motifs is 4. The van der Waals surface area contributed by atoms with Crippen LogP contribution in [0.5, 0.6) is 0 Å². The summed E-state index contributed by atoms with van der Waals surface area (Å²) in [7, 11) is 0. The van der Waals surface area contributed by atoms with Gasteiger partial charge in [0.25, 0.3) is 0 Å². The van der Waals surface area contributed by atoms with Crippen molar-refractivity contribution < 1.29 is 19.5 Å². The van der Waals surface area contributed by atoms with E-state index in [9.17, 15) is 19.5 Å². The Hall–Kier alpha value is -5.33. The van der Waals surface area contributed by atoms with Gasteiger partial charge in [0, 0.05) is 28.9 Å². The molecule has 1 aromatic heterocycles. The zero-order valence-electron chi connectivity index (χ0n) is 24.9. The molecule has 6 heteroatoms. The van der Waals surface area contributed by atoms with Crippen LogP contribution in [0.4, 0.5) is 11.4 Å². The third-order valence-electron chi connectivity index (χ3n) is 9.37. The third-order valence-corrected chi connectivity index (χ3v) is 10.5. The minimum atomic E-state index is -1.13. The number of aromatic carboxylic acids is 1. The van der Waals surface area contributed by atoms with Gasteiger partial charge >= 0.3 is 5.97 Å². The molecule has 0 bridgehead atoms. The molecule has 0 radical (unpaired) electrons. The topological polar surface area (TPSA) is 74.7 Å². The molecule has 1 N–H and O–H groups in total. The van der Waals surface area contributed by atoms with E-state index < -0.39 is 17.5 Å². The van der Waals surface area contributed by atoms with E-state index in [0.29, 0.717) is 12.0 Å². The molecule has 5 aromatic rings. The van der Waals surface area contributed by atoms with Crippen LogP contribution in [-0.2, 0) is 0 Å². The molecule has 0 spiro atoms. The van der Waals surface area contributed by atoms with Crippen LogP contribution < -0.4 is 4.90 Å². The van der Waals surface area contributed by atoms with Crippen molar-refractivity contribution in [1.82, 2.24) is 0 Å². The Kier molecular flexibility index (Phi) is 6.88. The minimum absolute atomic E-state index is 0.00697. The average Bonchev–Trinajstić information content (AvgIpc) is 3.85. The maximum absolute atomic E-state index is 13.1. The molecule has 1 fully saturated rings. The fourth-order valence-corrected chi connectivity index (χ4v) is 8.22. The second-order valence-electron chi connectivity index (χ2n) is 12.0. The van der Waals surface area contributed by atoms with Crippen molar-refractivity contribution in [1.29, 1.82) is 0 Å². The summed E-state index contributed by atoms with van der Waals surface area (Å²) in [6, 6.07) is 37.6. The Morgan fingerprint density at radius 3 is 2.11 bits per heavy atom. The summed E-state index contributed by atoms with van der Waals surface area (Å²) in [6.45, 7) is 0. The molecule has 46 heavy (non-hydrogen) atoms. The fraction of sp³-hybridized carbons (Fsp3) is 0.125. The lowest BCUT2D eigenvalue weighted by atomic mass is 9.95. The smallest absolute Gasteiger partial charge is 0.345 e. The van der Waals surface area contributed by atoms with Crippen molar-refractivity contribution in [2.24, 2.45) is 0 Å².